The molecule has 0 saturated carbocycles. The predicted molar refractivity (Wildman–Crippen MR) is 116 cm³/mol. The van der Waals surface area contributed by atoms with E-state index in [1.165, 1.54) is 0 Å². The van der Waals surface area contributed by atoms with Crippen LogP contribution < -0.4 is 0 Å². The zero-order valence-corrected chi connectivity index (χ0v) is 22.7. The maximum atomic E-state index is 4.89. The van der Waals surface area contributed by atoms with Gasteiger partial charge in [0, 0.05) is 80.0 Å². The summed E-state index contributed by atoms with van der Waals surface area (Å²) in [5.41, 5.74) is 0. The Morgan fingerprint density at radius 3 is 0.421 bits per heavy atom. The van der Waals surface area contributed by atoms with Crippen LogP contribution in [-0.4, -0.2) is 80.0 Å². The van der Waals surface area contributed by atoms with Gasteiger partial charge < -0.3 is 0 Å². The molecule has 0 aliphatic carbocycles. The molecule has 0 heterocycles. The minimum absolute atomic E-state index is 0.120. The van der Waals surface area contributed by atoms with Gasteiger partial charge in [0.25, 0.3) is 0 Å². The summed E-state index contributed by atoms with van der Waals surface area (Å²) in [6.07, 6.45) is 0. The summed E-state index contributed by atoms with van der Waals surface area (Å²) in [5, 5.41) is 0. The van der Waals surface area contributed by atoms with Crippen molar-refractivity contribution < 1.29 is 16.5 Å². The molecule has 0 nitrogen and oxygen atoms in total. The van der Waals surface area contributed by atoms with E-state index in [0.717, 1.165) is 0 Å². The minimum atomic E-state index is -0.586. The van der Waals surface area contributed by atoms with Gasteiger partial charge in [-0.2, -0.15) is 0 Å². The Bertz CT molecular complexity index is 80.9. The second-order valence-electron chi connectivity index (χ2n) is 6.06. The molecule has 0 unspecified atom stereocenters. The van der Waals surface area contributed by atoms with Crippen molar-refractivity contribution in [3.63, 3.8) is 0 Å². The van der Waals surface area contributed by atoms with Crippen LogP contribution in [0, 0.1) is 0 Å². The molecular weight excluding hydrogens is 435 g/mol. The summed E-state index contributed by atoms with van der Waals surface area (Å²) in [6, 6.07) is 0. The van der Waals surface area contributed by atoms with Crippen molar-refractivity contribution in [2.24, 2.45) is 0 Å². The van der Waals surface area contributed by atoms with Gasteiger partial charge in [0.05, 0.1) is 0 Å². The van der Waals surface area contributed by atoms with E-state index in [2.05, 4.69) is 80.0 Å². The van der Waals surface area contributed by atoms with Crippen LogP contribution in [0.25, 0.3) is 0 Å². The second kappa shape index (κ2) is 32.8. The molecule has 19 heavy (non-hydrogen) atoms. The Kier molecular flexibility index (Phi) is 57.9. The summed E-state index contributed by atoms with van der Waals surface area (Å²) in [4.78, 5) is 0. The quantitative estimate of drug-likeness (QED) is 0.310. The monoisotopic (exact) mass is 476 g/mol. The molecule has 0 atom stereocenters. The molecule has 0 amide bonds. The average molecular weight is 475 g/mol. The topological polar surface area (TPSA) is 0 Å². The number of hydrogen-bond acceptors (Lipinski definition) is 0. The molecule has 0 aromatic carbocycles. The van der Waals surface area contributed by atoms with Gasteiger partial charge in [-0.05, 0) is 31.7 Å². The van der Waals surface area contributed by atoms with Crippen LogP contribution in [0.2, 0.25) is 0 Å². The van der Waals surface area contributed by atoms with Crippen molar-refractivity contribution >= 4 is 50.5 Å². The van der Waals surface area contributed by atoms with E-state index >= 15 is 0 Å². The Morgan fingerprint density at radius 1 is 0.421 bits per heavy atom. The summed E-state index contributed by atoms with van der Waals surface area (Å²) in [5.74, 6) is 0. The molecule has 0 aromatic rings. The van der Waals surface area contributed by atoms with Crippen molar-refractivity contribution in [3.8, 4) is 0 Å². The van der Waals surface area contributed by atoms with Crippen LogP contribution in [0.4, 0.5) is 0 Å². The standard InChI is InChI=1S/4C3H9P.2ClH.Mo/c4*1-4(2)3;;;/h4*1-3H3;2*1H;/q;;;;;;+2/p+2. The third-order valence-corrected chi connectivity index (χ3v) is 0. The Hall–Kier alpha value is 2.99. The number of rotatable bonds is 0. The van der Waals surface area contributed by atoms with E-state index in [4.69, 9.17) is 18.8 Å². The van der Waals surface area contributed by atoms with Crippen LogP contribution >= 0.6 is 50.5 Å². The van der Waals surface area contributed by atoms with Gasteiger partial charge in [-0.15, -0.1) is 0 Å². The van der Waals surface area contributed by atoms with Crippen molar-refractivity contribution in [1.82, 2.24) is 0 Å². The first-order valence-corrected chi connectivity index (χ1v) is 23.5. The van der Waals surface area contributed by atoms with Crippen LogP contribution in [0.15, 0.2) is 0 Å². The van der Waals surface area contributed by atoms with E-state index in [1.54, 1.807) is 0 Å². The zero-order chi connectivity index (χ0) is 17.0. The first-order valence-electron chi connectivity index (χ1n) is 6.31. The van der Waals surface area contributed by atoms with Gasteiger partial charge in [0.1, 0.15) is 0 Å². The van der Waals surface area contributed by atoms with Crippen LogP contribution in [0.3, 0.4) is 0 Å². The fourth-order valence-electron chi connectivity index (χ4n) is 0. The summed E-state index contributed by atoms with van der Waals surface area (Å²) in [7, 11) is 10.3. The number of hydrogen-bond donors (Lipinski definition) is 0. The molecule has 7 heteroatoms. The normalized spacial score (nSPS) is 8.53. The Labute approximate surface area is 146 Å². The molecule has 0 rings (SSSR count). The molecule has 0 spiro atoms. The van der Waals surface area contributed by atoms with Gasteiger partial charge >= 0.3 is 35.3 Å². The molecule has 0 aromatic heterocycles. The fourth-order valence-corrected chi connectivity index (χ4v) is 0. The molecule has 0 aliphatic heterocycles. The maximum absolute atomic E-state index is 4.89. The molecule has 0 bridgehead atoms. The molecular formula is C12H40Cl2MoP4+4. The average Bonchev–Trinajstić information content (AvgIpc) is 1.97. The van der Waals surface area contributed by atoms with E-state index < -0.39 is 16.5 Å². The fraction of sp³-hybridized carbons (Fsp3) is 1.00. The van der Waals surface area contributed by atoms with Crippen LogP contribution in [0.5, 0.6) is 0 Å². The van der Waals surface area contributed by atoms with E-state index in [-0.39, 0.29) is 31.7 Å². The summed E-state index contributed by atoms with van der Waals surface area (Å²) >= 11 is -0.586. The van der Waals surface area contributed by atoms with Crippen LogP contribution in [-0.2, 0) is 16.5 Å². The second-order valence-corrected chi connectivity index (χ2v) is 21.1. The van der Waals surface area contributed by atoms with Gasteiger partial charge in [-0.3, -0.25) is 0 Å². The Balaban J connectivity index is -0.0000000432. The molecule has 124 valence electrons. The molecule has 0 saturated heterocycles. The number of halogens is 2. The molecule has 0 N–H and O–H groups in total. The summed E-state index contributed by atoms with van der Waals surface area (Å²) in [6.45, 7) is 27.2. The summed E-state index contributed by atoms with van der Waals surface area (Å²) < 4.78 is 0. The van der Waals surface area contributed by atoms with E-state index in [1.807, 2.05) is 0 Å². The van der Waals surface area contributed by atoms with Gasteiger partial charge in [0.2, 0.25) is 0 Å². The SMILES string of the molecule is C[PH+](C)C.C[PH+](C)C.C[PH+](C)C.C[PH+](C)C.[Cl][Mo][Cl]. The van der Waals surface area contributed by atoms with Crippen molar-refractivity contribution in [1.29, 1.82) is 0 Å². The van der Waals surface area contributed by atoms with Crippen molar-refractivity contribution in [2.75, 3.05) is 80.0 Å². The van der Waals surface area contributed by atoms with Gasteiger partial charge in [-0.25, -0.2) is 0 Å². The molecule has 0 fully saturated rings. The molecule has 0 radical (unpaired) electrons. The Morgan fingerprint density at radius 2 is 0.421 bits per heavy atom. The first-order chi connectivity index (χ1) is 8.34. The van der Waals surface area contributed by atoms with Gasteiger partial charge in [0.15, 0.2) is 0 Å². The van der Waals surface area contributed by atoms with E-state index in [0.29, 0.717) is 0 Å². The van der Waals surface area contributed by atoms with Crippen molar-refractivity contribution in [2.45, 2.75) is 0 Å². The van der Waals surface area contributed by atoms with E-state index in [9.17, 15) is 0 Å². The zero-order valence-electron chi connectivity index (χ0n) is 15.2. The third-order valence-electron chi connectivity index (χ3n) is 0. The molecule has 0 aliphatic rings. The first kappa shape index (κ1) is 33.6. The predicted octanol–water partition coefficient (Wildman–Crippen LogP) is 5.74. The third kappa shape index (κ3) is 847. The van der Waals surface area contributed by atoms with Gasteiger partial charge in [-0.1, -0.05) is 0 Å². The van der Waals surface area contributed by atoms with Crippen molar-refractivity contribution in [3.05, 3.63) is 0 Å². The van der Waals surface area contributed by atoms with Crippen LogP contribution in [0.1, 0.15) is 0 Å².